The number of allylic oxidation sites excluding steroid dienone is 2. The zero-order valence-electron chi connectivity index (χ0n) is 23.8. The van der Waals surface area contributed by atoms with Gasteiger partial charge in [0.05, 0.1) is 18.3 Å². The van der Waals surface area contributed by atoms with Crippen molar-refractivity contribution < 1.29 is 19.0 Å². The summed E-state index contributed by atoms with van der Waals surface area (Å²) in [5.74, 6) is 3.21. The number of hydrogen-bond donors (Lipinski definition) is 0. The average molecular weight is 519 g/mol. The van der Waals surface area contributed by atoms with E-state index in [0.29, 0.717) is 52.6 Å². The first kappa shape index (κ1) is 25.3. The SMILES string of the molecule is CC1CC[C@@]2(OC1)O[C@H]1C[C@H]3[C@@H]4CC[C@H]5C[C@@H](OC(=O)c6ccccc6)CC[C@]5(C)C4=CC[C@]3(C)C1[C@@H]2C. The second-order valence-electron chi connectivity index (χ2n) is 14.4. The highest BCUT2D eigenvalue weighted by Gasteiger charge is 2.67. The second kappa shape index (κ2) is 8.93. The molecule has 2 heterocycles. The molecule has 206 valence electrons. The van der Waals surface area contributed by atoms with Crippen LogP contribution < -0.4 is 0 Å². The summed E-state index contributed by atoms with van der Waals surface area (Å²) in [4.78, 5) is 12.7. The van der Waals surface area contributed by atoms with Crippen molar-refractivity contribution in [1.29, 1.82) is 0 Å². The molecular formula is C34H46O4. The Morgan fingerprint density at radius 2 is 1.82 bits per heavy atom. The molecule has 0 bridgehead atoms. The predicted molar refractivity (Wildman–Crippen MR) is 147 cm³/mol. The Kier molecular flexibility index (Phi) is 5.95. The van der Waals surface area contributed by atoms with Crippen LogP contribution in [0.15, 0.2) is 42.0 Å². The Hall–Kier alpha value is -1.65. The Bertz CT molecular complexity index is 1100. The molecule has 7 rings (SSSR count). The summed E-state index contributed by atoms with van der Waals surface area (Å²) >= 11 is 0. The minimum atomic E-state index is -0.334. The van der Waals surface area contributed by atoms with Gasteiger partial charge < -0.3 is 14.2 Å². The van der Waals surface area contributed by atoms with E-state index in [2.05, 4.69) is 33.8 Å². The highest BCUT2D eigenvalue weighted by atomic mass is 16.7. The van der Waals surface area contributed by atoms with E-state index in [-0.39, 0.29) is 23.3 Å². The third-order valence-corrected chi connectivity index (χ3v) is 12.5. The highest BCUT2D eigenvalue weighted by Crippen LogP contribution is 2.70. The summed E-state index contributed by atoms with van der Waals surface area (Å²) in [7, 11) is 0. The summed E-state index contributed by atoms with van der Waals surface area (Å²) in [6.07, 6.45) is 13.4. The maximum absolute atomic E-state index is 12.7. The Labute approximate surface area is 228 Å². The first-order valence-corrected chi connectivity index (χ1v) is 15.5. The molecule has 1 spiro atoms. The van der Waals surface area contributed by atoms with Crippen molar-refractivity contribution in [2.45, 2.75) is 103 Å². The average Bonchev–Trinajstić information content (AvgIpc) is 3.36. The van der Waals surface area contributed by atoms with E-state index in [4.69, 9.17) is 14.2 Å². The largest absolute Gasteiger partial charge is 0.459 e. The molecule has 4 aliphatic carbocycles. The third-order valence-electron chi connectivity index (χ3n) is 12.5. The number of esters is 1. The van der Waals surface area contributed by atoms with Crippen molar-refractivity contribution in [3.8, 4) is 0 Å². The third kappa shape index (κ3) is 3.65. The lowest BCUT2D eigenvalue weighted by molar-refractivity contribution is -0.272. The molecule has 4 nitrogen and oxygen atoms in total. The lowest BCUT2D eigenvalue weighted by Gasteiger charge is -2.57. The van der Waals surface area contributed by atoms with Crippen molar-refractivity contribution in [2.24, 2.45) is 46.3 Å². The van der Waals surface area contributed by atoms with Crippen LogP contribution in [0.1, 0.15) is 95.8 Å². The lowest BCUT2D eigenvalue weighted by atomic mass is 9.48. The van der Waals surface area contributed by atoms with Crippen molar-refractivity contribution in [1.82, 2.24) is 0 Å². The maximum atomic E-state index is 12.7. The van der Waals surface area contributed by atoms with Crippen LogP contribution in [0, 0.1) is 46.3 Å². The quantitative estimate of drug-likeness (QED) is 0.299. The number of carbonyl (C=O) groups is 1. The van der Waals surface area contributed by atoms with Crippen LogP contribution in [0.25, 0.3) is 0 Å². The molecule has 4 heteroatoms. The Balaban J connectivity index is 1.08. The van der Waals surface area contributed by atoms with Gasteiger partial charge in [-0.2, -0.15) is 0 Å². The van der Waals surface area contributed by atoms with Gasteiger partial charge in [-0.05, 0) is 104 Å². The van der Waals surface area contributed by atoms with Crippen molar-refractivity contribution in [2.75, 3.05) is 6.61 Å². The molecule has 2 saturated heterocycles. The van der Waals surface area contributed by atoms with Crippen LogP contribution in [-0.2, 0) is 14.2 Å². The fourth-order valence-corrected chi connectivity index (χ4v) is 10.4. The molecule has 0 amide bonds. The first-order chi connectivity index (χ1) is 18.2. The van der Waals surface area contributed by atoms with Gasteiger partial charge in [0.15, 0.2) is 5.79 Å². The van der Waals surface area contributed by atoms with Crippen molar-refractivity contribution in [3.63, 3.8) is 0 Å². The topological polar surface area (TPSA) is 44.8 Å². The van der Waals surface area contributed by atoms with Gasteiger partial charge in [-0.3, -0.25) is 0 Å². The second-order valence-corrected chi connectivity index (χ2v) is 14.4. The molecule has 3 saturated carbocycles. The Morgan fingerprint density at radius 3 is 2.58 bits per heavy atom. The number of hydrogen-bond acceptors (Lipinski definition) is 4. The van der Waals surface area contributed by atoms with E-state index in [1.54, 1.807) is 5.57 Å². The van der Waals surface area contributed by atoms with Crippen LogP contribution in [-0.4, -0.2) is 30.6 Å². The van der Waals surface area contributed by atoms with Gasteiger partial charge in [0, 0.05) is 12.3 Å². The molecule has 5 fully saturated rings. The summed E-state index contributed by atoms with van der Waals surface area (Å²) in [5.41, 5.74) is 2.96. The molecule has 0 aromatic heterocycles. The van der Waals surface area contributed by atoms with Crippen molar-refractivity contribution >= 4 is 5.97 Å². The number of ether oxygens (including phenoxy) is 3. The Morgan fingerprint density at radius 1 is 1.00 bits per heavy atom. The highest BCUT2D eigenvalue weighted by molar-refractivity contribution is 5.89. The number of benzene rings is 1. The smallest absolute Gasteiger partial charge is 0.338 e. The molecule has 0 N–H and O–H groups in total. The van der Waals surface area contributed by atoms with Gasteiger partial charge in [0.1, 0.15) is 6.10 Å². The van der Waals surface area contributed by atoms with Crippen LogP contribution in [0.2, 0.25) is 0 Å². The molecule has 1 aromatic carbocycles. The van der Waals surface area contributed by atoms with Crippen molar-refractivity contribution in [3.05, 3.63) is 47.5 Å². The van der Waals surface area contributed by atoms with Gasteiger partial charge in [-0.1, -0.05) is 57.5 Å². The van der Waals surface area contributed by atoms with E-state index in [1.165, 1.54) is 32.1 Å². The zero-order valence-corrected chi connectivity index (χ0v) is 23.8. The molecule has 2 unspecified atom stereocenters. The zero-order chi connectivity index (χ0) is 26.3. The van der Waals surface area contributed by atoms with E-state index in [9.17, 15) is 4.79 Å². The standard InChI is InChI=1S/C34H46O4/c1-21-12-17-34(36-20-21)22(2)30-29(38-34)19-28-26-11-10-24-18-25(37-31(35)23-8-6-5-7-9-23)13-15-32(24,3)27(26)14-16-33(28,30)4/h5-9,14,21-22,24-26,28-30H,10-13,15-20H2,1-4H3/t21?,22-,24-,25-,26+,28-,29-,30?,32-,33-,34+/m0/s1. The van der Waals surface area contributed by atoms with Gasteiger partial charge in [-0.15, -0.1) is 0 Å². The van der Waals surface area contributed by atoms with Gasteiger partial charge >= 0.3 is 5.97 Å². The number of fused-ring (bicyclic) bond motifs is 7. The van der Waals surface area contributed by atoms with E-state index in [1.807, 2.05) is 30.3 Å². The minimum absolute atomic E-state index is 0.0428. The van der Waals surface area contributed by atoms with Crippen LogP contribution in [0.4, 0.5) is 0 Å². The molecule has 38 heavy (non-hydrogen) atoms. The maximum Gasteiger partial charge on any atom is 0.338 e. The van der Waals surface area contributed by atoms with E-state index < -0.39 is 0 Å². The number of rotatable bonds is 2. The summed E-state index contributed by atoms with van der Waals surface area (Å²) < 4.78 is 19.5. The fourth-order valence-electron chi connectivity index (χ4n) is 10.4. The van der Waals surface area contributed by atoms with E-state index >= 15 is 0 Å². The fraction of sp³-hybridized carbons (Fsp3) is 0.735. The number of carbonyl (C=O) groups excluding carboxylic acids is 1. The predicted octanol–water partition coefficient (Wildman–Crippen LogP) is 7.58. The minimum Gasteiger partial charge on any atom is -0.459 e. The first-order valence-electron chi connectivity index (χ1n) is 15.5. The van der Waals surface area contributed by atoms with E-state index in [0.717, 1.165) is 32.3 Å². The van der Waals surface area contributed by atoms with Crippen LogP contribution in [0.3, 0.4) is 0 Å². The normalized spacial score (nSPS) is 49.4. The van der Waals surface area contributed by atoms with Crippen LogP contribution >= 0.6 is 0 Å². The summed E-state index contributed by atoms with van der Waals surface area (Å²) in [5, 5.41) is 0. The molecule has 2 aliphatic heterocycles. The van der Waals surface area contributed by atoms with Gasteiger partial charge in [0.25, 0.3) is 0 Å². The summed E-state index contributed by atoms with van der Waals surface area (Å²) in [6, 6.07) is 9.47. The summed E-state index contributed by atoms with van der Waals surface area (Å²) in [6.45, 7) is 10.7. The molecule has 11 atom stereocenters. The van der Waals surface area contributed by atoms with Gasteiger partial charge in [-0.25, -0.2) is 4.79 Å². The monoisotopic (exact) mass is 518 g/mol. The van der Waals surface area contributed by atoms with Crippen LogP contribution in [0.5, 0.6) is 0 Å². The lowest BCUT2D eigenvalue weighted by Crippen LogP contribution is -2.51. The van der Waals surface area contributed by atoms with Gasteiger partial charge in [0.2, 0.25) is 0 Å². The molecule has 6 aliphatic rings. The molecular weight excluding hydrogens is 472 g/mol. The molecule has 0 radical (unpaired) electrons. The molecule has 1 aromatic rings.